The number of hydrogen-bond acceptors (Lipinski definition) is 2. The minimum atomic E-state index is -0.0939. The number of rotatable bonds is 5. The first-order chi connectivity index (χ1) is 9.20. The lowest BCUT2D eigenvalue weighted by molar-refractivity contribution is 0.214. The van der Waals surface area contributed by atoms with Gasteiger partial charge in [0.1, 0.15) is 11.9 Å². The predicted octanol–water partition coefficient (Wildman–Crippen LogP) is 3.89. The minimum absolute atomic E-state index is 0.0939. The average molecular weight is 255 g/mol. The van der Waals surface area contributed by atoms with Crippen molar-refractivity contribution in [1.82, 2.24) is 0 Å². The third kappa shape index (κ3) is 3.58. The predicted molar refractivity (Wildman–Crippen MR) is 79.4 cm³/mol. The van der Waals surface area contributed by atoms with Gasteiger partial charge in [0.2, 0.25) is 0 Å². The van der Waals surface area contributed by atoms with Crippen molar-refractivity contribution in [3.63, 3.8) is 0 Å². The molecule has 2 aromatic rings. The molecule has 100 valence electrons. The van der Waals surface area contributed by atoms with E-state index in [0.717, 1.165) is 11.3 Å². The van der Waals surface area contributed by atoms with E-state index in [1.807, 2.05) is 42.5 Å². The molecule has 0 heterocycles. The highest BCUT2D eigenvalue weighted by atomic mass is 16.5. The summed E-state index contributed by atoms with van der Waals surface area (Å²) in [5, 5.41) is 0. The zero-order valence-electron chi connectivity index (χ0n) is 11.5. The summed E-state index contributed by atoms with van der Waals surface area (Å²) >= 11 is 0. The average Bonchev–Trinajstić information content (AvgIpc) is 2.46. The summed E-state index contributed by atoms with van der Waals surface area (Å²) in [6, 6.07) is 18.3. The molecule has 0 aliphatic heterocycles. The molecule has 0 radical (unpaired) electrons. The molecule has 2 nitrogen and oxygen atoms in total. The minimum Gasteiger partial charge on any atom is -0.484 e. The maximum Gasteiger partial charge on any atom is 0.136 e. The van der Waals surface area contributed by atoms with Crippen molar-refractivity contribution in [1.29, 1.82) is 0 Å². The first-order valence-corrected chi connectivity index (χ1v) is 6.72. The number of nitrogens with two attached hydrogens (primary N) is 1. The number of benzene rings is 2. The number of ether oxygens (including phenoxy) is 1. The molecule has 1 unspecified atom stereocenters. The van der Waals surface area contributed by atoms with Gasteiger partial charge in [0, 0.05) is 6.54 Å². The van der Waals surface area contributed by atoms with Crippen LogP contribution in [0.5, 0.6) is 5.75 Å². The largest absolute Gasteiger partial charge is 0.484 e. The summed E-state index contributed by atoms with van der Waals surface area (Å²) in [6.07, 6.45) is -0.0939. The fourth-order valence-corrected chi connectivity index (χ4v) is 2.03. The summed E-state index contributed by atoms with van der Waals surface area (Å²) in [6.45, 7) is 4.82. The van der Waals surface area contributed by atoms with Crippen molar-refractivity contribution in [3.8, 4) is 5.75 Å². The van der Waals surface area contributed by atoms with Gasteiger partial charge in [-0.3, -0.25) is 0 Å². The molecule has 0 aliphatic carbocycles. The molecule has 1 atom stereocenters. The van der Waals surface area contributed by atoms with Gasteiger partial charge < -0.3 is 10.5 Å². The van der Waals surface area contributed by atoms with Gasteiger partial charge in [0.15, 0.2) is 0 Å². The Kier molecular flexibility index (Phi) is 4.58. The van der Waals surface area contributed by atoms with E-state index in [0.29, 0.717) is 12.5 Å². The highest BCUT2D eigenvalue weighted by Crippen LogP contribution is 2.24. The third-order valence-corrected chi connectivity index (χ3v) is 3.19. The molecular weight excluding hydrogens is 234 g/mol. The van der Waals surface area contributed by atoms with E-state index in [9.17, 15) is 0 Å². The summed E-state index contributed by atoms with van der Waals surface area (Å²) in [4.78, 5) is 0. The molecule has 2 rings (SSSR count). The van der Waals surface area contributed by atoms with E-state index in [2.05, 4.69) is 26.0 Å². The fraction of sp³-hybridized carbons (Fsp3) is 0.294. The van der Waals surface area contributed by atoms with E-state index in [1.54, 1.807) is 0 Å². The SMILES string of the molecule is CC(C)c1cccc(OC(CN)c2ccccc2)c1. The van der Waals surface area contributed by atoms with Crippen molar-refractivity contribution >= 4 is 0 Å². The van der Waals surface area contributed by atoms with Crippen LogP contribution in [0.25, 0.3) is 0 Å². The maximum absolute atomic E-state index is 6.02. The molecule has 0 saturated heterocycles. The second-order valence-corrected chi connectivity index (χ2v) is 4.98. The lowest BCUT2D eigenvalue weighted by Gasteiger charge is -2.18. The summed E-state index contributed by atoms with van der Waals surface area (Å²) in [5.41, 5.74) is 8.22. The van der Waals surface area contributed by atoms with E-state index < -0.39 is 0 Å². The van der Waals surface area contributed by atoms with Crippen LogP contribution in [0.1, 0.15) is 37.0 Å². The Bertz CT molecular complexity index is 508. The first kappa shape index (κ1) is 13.6. The zero-order valence-corrected chi connectivity index (χ0v) is 11.5. The molecule has 0 fully saturated rings. The van der Waals surface area contributed by atoms with Crippen LogP contribution >= 0.6 is 0 Å². The second kappa shape index (κ2) is 6.39. The highest BCUT2D eigenvalue weighted by Gasteiger charge is 2.11. The first-order valence-electron chi connectivity index (χ1n) is 6.72. The smallest absolute Gasteiger partial charge is 0.136 e. The van der Waals surface area contributed by atoms with Gasteiger partial charge in [-0.1, -0.05) is 56.3 Å². The van der Waals surface area contributed by atoms with Crippen LogP contribution in [0, 0.1) is 0 Å². The van der Waals surface area contributed by atoms with Crippen molar-refractivity contribution in [2.24, 2.45) is 5.73 Å². The van der Waals surface area contributed by atoms with Crippen LogP contribution in [-0.4, -0.2) is 6.54 Å². The summed E-state index contributed by atoms with van der Waals surface area (Å²) in [5.74, 6) is 1.38. The van der Waals surface area contributed by atoms with Gasteiger partial charge in [-0.15, -0.1) is 0 Å². The summed E-state index contributed by atoms with van der Waals surface area (Å²) in [7, 11) is 0. The summed E-state index contributed by atoms with van der Waals surface area (Å²) < 4.78 is 6.02. The van der Waals surface area contributed by atoms with Crippen LogP contribution in [-0.2, 0) is 0 Å². The number of hydrogen-bond donors (Lipinski definition) is 1. The van der Waals surface area contributed by atoms with Gasteiger partial charge in [0.25, 0.3) is 0 Å². The van der Waals surface area contributed by atoms with Crippen molar-refractivity contribution in [2.75, 3.05) is 6.54 Å². The molecule has 0 aromatic heterocycles. The molecule has 0 saturated carbocycles. The maximum atomic E-state index is 6.02. The lowest BCUT2D eigenvalue weighted by Crippen LogP contribution is -2.18. The van der Waals surface area contributed by atoms with Gasteiger partial charge in [0.05, 0.1) is 0 Å². The third-order valence-electron chi connectivity index (χ3n) is 3.19. The molecule has 0 amide bonds. The molecule has 0 aliphatic rings. The van der Waals surface area contributed by atoms with E-state index in [4.69, 9.17) is 10.5 Å². The highest BCUT2D eigenvalue weighted by molar-refractivity contribution is 5.31. The van der Waals surface area contributed by atoms with Crippen LogP contribution in [0.2, 0.25) is 0 Å². The quantitative estimate of drug-likeness (QED) is 0.879. The van der Waals surface area contributed by atoms with E-state index in [-0.39, 0.29) is 6.10 Å². The zero-order chi connectivity index (χ0) is 13.7. The van der Waals surface area contributed by atoms with Crippen molar-refractivity contribution in [3.05, 3.63) is 65.7 Å². The molecular formula is C17H21NO. The Hall–Kier alpha value is -1.80. The molecule has 2 heteroatoms. The monoisotopic (exact) mass is 255 g/mol. The Balaban J connectivity index is 2.17. The molecule has 0 bridgehead atoms. The fourth-order valence-electron chi connectivity index (χ4n) is 2.03. The second-order valence-electron chi connectivity index (χ2n) is 4.98. The standard InChI is InChI=1S/C17H21NO/c1-13(2)15-9-6-10-16(11-15)19-17(12-18)14-7-4-3-5-8-14/h3-11,13,17H,12,18H2,1-2H3. The van der Waals surface area contributed by atoms with Crippen molar-refractivity contribution in [2.45, 2.75) is 25.9 Å². The molecule has 19 heavy (non-hydrogen) atoms. The van der Waals surface area contributed by atoms with Crippen LogP contribution in [0.3, 0.4) is 0 Å². The van der Waals surface area contributed by atoms with Crippen molar-refractivity contribution < 1.29 is 4.74 Å². The van der Waals surface area contributed by atoms with Crippen LogP contribution < -0.4 is 10.5 Å². The Labute approximate surface area is 115 Å². The Morgan fingerprint density at radius 3 is 2.26 bits per heavy atom. The van der Waals surface area contributed by atoms with Crippen LogP contribution in [0.15, 0.2) is 54.6 Å². The Morgan fingerprint density at radius 1 is 0.947 bits per heavy atom. The van der Waals surface area contributed by atoms with E-state index >= 15 is 0 Å². The Morgan fingerprint density at radius 2 is 1.63 bits per heavy atom. The normalized spacial score (nSPS) is 12.4. The van der Waals surface area contributed by atoms with E-state index in [1.165, 1.54) is 5.56 Å². The van der Waals surface area contributed by atoms with Gasteiger partial charge in [-0.25, -0.2) is 0 Å². The molecule has 0 spiro atoms. The topological polar surface area (TPSA) is 35.2 Å². The van der Waals surface area contributed by atoms with Gasteiger partial charge in [-0.05, 0) is 29.2 Å². The molecule has 2 N–H and O–H groups in total. The van der Waals surface area contributed by atoms with Gasteiger partial charge in [-0.2, -0.15) is 0 Å². The lowest BCUT2D eigenvalue weighted by atomic mass is 10.0. The molecule has 2 aromatic carbocycles. The van der Waals surface area contributed by atoms with Gasteiger partial charge >= 0.3 is 0 Å². The van der Waals surface area contributed by atoms with Crippen LogP contribution in [0.4, 0.5) is 0 Å².